The molecule has 0 spiro atoms. The molecule has 1 N–H and O–H groups in total. The summed E-state index contributed by atoms with van der Waals surface area (Å²) in [5.74, 6) is -1.23. The molecule has 2 aromatic rings. The molecule has 1 atom stereocenters. The molecule has 0 aliphatic rings. The van der Waals surface area contributed by atoms with Crippen LogP contribution < -0.4 is 5.32 Å². The van der Waals surface area contributed by atoms with E-state index < -0.39 is 41.0 Å². The molecule has 10 heteroatoms. The topological polar surface area (TPSA) is 120 Å². The fourth-order valence-corrected chi connectivity index (χ4v) is 3.73. The molecule has 0 saturated carbocycles. The number of nitrogens with one attached hydrogen (secondary N) is 1. The summed E-state index contributed by atoms with van der Waals surface area (Å²) >= 11 is 0. The largest absolute Gasteiger partial charge is 0.465 e. The fourth-order valence-electron chi connectivity index (χ4n) is 3.73. The number of esters is 1. The van der Waals surface area contributed by atoms with Crippen LogP contribution in [0.15, 0.2) is 60.7 Å². The number of hydroxylamine groups is 2. The molecule has 0 aliphatic carbocycles. The number of carbonyl (C=O) groups is 4. The maximum absolute atomic E-state index is 13.5. The second-order valence-electron chi connectivity index (χ2n) is 11.0. The molecule has 0 bridgehead atoms. The molecule has 0 fully saturated rings. The van der Waals surface area contributed by atoms with Gasteiger partial charge in [-0.05, 0) is 65.5 Å². The number of benzene rings is 2. The van der Waals surface area contributed by atoms with Crippen LogP contribution in [0.1, 0.15) is 65.5 Å². The van der Waals surface area contributed by atoms with Gasteiger partial charge in [-0.15, -0.1) is 0 Å². The van der Waals surface area contributed by atoms with Crippen LogP contribution in [0.25, 0.3) is 0 Å². The van der Waals surface area contributed by atoms with Crippen molar-refractivity contribution in [2.45, 2.75) is 79.2 Å². The minimum atomic E-state index is -1.52. The van der Waals surface area contributed by atoms with Crippen molar-refractivity contribution in [1.29, 1.82) is 0 Å². The van der Waals surface area contributed by atoms with Gasteiger partial charge in [0.25, 0.3) is 0 Å². The number of ketones is 1. The van der Waals surface area contributed by atoms with Crippen LogP contribution in [0, 0.1) is 5.41 Å². The van der Waals surface area contributed by atoms with Crippen LogP contribution in [0.2, 0.25) is 0 Å². The minimum absolute atomic E-state index is 0.0555. The highest BCUT2D eigenvalue weighted by molar-refractivity contribution is 6.06. The predicted molar refractivity (Wildman–Crippen MR) is 152 cm³/mol. The lowest BCUT2D eigenvalue weighted by molar-refractivity contribution is -0.158. The van der Waals surface area contributed by atoms with Crippen molar-refractivity contribution in [2.24, 2.45) is 5.41 Å². The number of rotatable bonds is 14. The fraction of sp³-hybridized carbons (Fsp3) is 0.484. The SMILES string of the molecule is CCOC(=O)C(C)(C)C(=O)[C@H](CCCN(OCc1ccccc1)C(=O)OCc1ccccc1)NC(=O)OC(C)(C)C. The van der Waals surface area contributed by atoms with Gasteiger partial charge < -0.3 is 19.5 Å². The average Bonchev–Trinajstić information content (AvgIpc) is 2.92. The smallest absolute Gasteiger partial charge is 0.434 e. The Kier molecular flexibility index (Phi) is 12.8. The zero-order valence-electron chi connectivity index (χ0n) is 24.8. The van der Waals surface area contributed by atoms with Crippen LogP contribution in [0.3, 0.4) is 0 Å². The monoisotopic (exact) mass is 570 g/mol. The molecule has 0 saturated heterocycles. The Morgan fingerprint density at radius 1 is 0.829 bits per heavy atom. The van der Waals surface area contributed by atoms with Crippen LogP contribution in [-0.4, -0.2) is 53.8 Å². The summed E-state index contributed by atoms with van der Waals surface area (Å²) in [6.07, 6.45) is -1.16. The standard InChI is InChI=1S/C31H42N2O8/c1-7-38-27(35)31(5,6)26(34)25(32-28(36)41-30(2,3)4)19-14-20-33(40-22-24-17-12-9-13-18-24)29(37)39-21-23-15-10-8-11-16-23/h8-13,15-18,25H,7,14,19-22H2,1-6H3,(H,32,36)/t25-/m0/s1. The molecule has 2 aromatic carbocycles. The molecular weight excluding hydrogens is 528 g/mol. The van der Waals surface area contributed by atoms with Gasteiger partial charge in [-0.3, -0.25) is 14.4 Å². The summed E-state index contributed by atoms with van der Waals surface area (Å²) in [5.41, 5.74) is -0.645. The number of ether oxygens (including phenoxy) is 3. The van der Waals surface area contributed by atoms with E-state index in [1.165, 1.54) is 13.8 Å². The molecule has 41 heavy (non-hydrogen) atoms. The van der Waals surface area contributed by atoms with E-state index in [-0.39, 0.29) is 39.2 Å². The zero-order chi connectivity index (χ0) is 30.5. The quantitative estimate of drug-likeness (QED) is 0.135. The van der Waals surface area contributed by atoms with E-state index in [4.69, 9.17) is 19.0 Å². The van der Waals surface area contributed by atoms with Crippen molar-refractivity contribution < 1.29 is 38.2 Å². The first-order chi connectivity index (χ1) is 19.3. The first kappa shape index (κ1) is 33.3. The maximum atomic E-state index is 13.5. The van der Waals surface area contributed by atoms with E-state index in [1.807, 2.05) is 60.7 Å². The highest BCUT2D eigenvalue weighted by atomic mass is 16.7. The Morgan fingerprint density at radius 3 is 1.93 bits per heavy atom. The zero-order valence-corrected chi connectivity index (χ0v) is 24.8. The van der Waals surface area contributed by atoms with Gasteiger partial charge in [0.1, 0.15) is 24.2 Å². The Balaban J connectivity index is 2.15. The van der Waals surface area contributed by atoms with Crippen molar-refractivity contribution in [3.63, 3.8) is 0 Å². The van der Waals surface area contributed by atoms with Crippen LogP contribution in [-0.2, 0) is 41.9 Å². The van der Waals surface area contributed by atoms with Gasteiger partial charge in [-0.2, -0.15) is 5.06 Å². The van der Waals surface area contributed by atoms with Crippen LogP contribution >= 0.6 is 0 Å². The van der Waals surface area contributed by atoms with Crippen LogP contribution in [0.5, 0.6) is 0 Å². The molecule has 224 valence electrons. The number of amides is 2. The lowest BCUT2D eigenvalue weighted by atomic mass is 9.83. The first-order valence-corrected chi connectivity index (χ1v) is 13.7. The molecule has 2 rings (SSSR count). The van der Waals surface area contributed by atoms with Gasteiger partial charge in [0, 0.05) is 0 Å². The average molecular weight is 571 g/mol. The van der Waals surface area contributed by atoms with Gasteiger partial charge in [-0.25, -0.2) is 9.59 Å². The highest BCUT2D eigenvalue weighted by Gasteiger charge is 2.42. The van der Waals surface area contributed by atoms with E-state index in [0.717, 1.165) is 16.2 Å². The molecular formula is C31H42N2O8. The number of hydrogen-bond donors (Lipinski definition) is 1. The van der Waals surface area contributed by atoms with E-state index in [9.17, 15) is 19.2 Å². The Bertz CT molecular complexity index is 1130. The molecule has 10 nitrogen and oxygen atoms in total. The second kappa shape index (κ2) is 15.8. The molecule has 0 heterocycles. The maximum Gasteiger partial charge on any atom is 0.434 e. The number of nitrogens with zero attached hydrogens (tertiary/aromatic N) is 1. The van der Waals surface area contributed by atoms with E-state index in [2.05, 4.69) is 5.32 Å². The van der Waals surface area contributed by atoms with Gasteiger partial charge >= 0.3 is 18.2 Å². The van der Waals surface area contributed by atoms with Crippen molar-refractivity contribution in [3.05, 3.63) is 71.8 Å². The molecule has 0 aliphatic heterocycles. The first-order valence-electron chi connectivity index (χ1n) is 13.7. The Morgan fingerprint density at radius 2 is 1.39 bits per heavy atom. The predicted octanol–water partition coefficient (Wildman–Crippen LogP) is 5.59. The van der Waals surface area contributed by atoms with Gasteiger partial charge in [-0.1, -0.05) is 60.7 Å². The molecule has 0 aromatic heterocycles. The summed E-state index contributed by atoms with van der Waals surface area (Å²) in [7, 11) is 0. The number of carbonyl (C=O) groups excluding carboxylic acids is 4. The van der Waals surface area contributed by atoms with E-state index in [1.54, 1.807) is 27.7 Å². The van der Waals surface area contributed by atoms with E-state index in [0.29, 0.717) is 0 Å². The third-order valence-corrected chi connectivity index (χ3v) is 5.90. The second-order valence-corrected chi connectivity index (χ2v) is 11.0. The van der Waals surface area contributed by atoms with Crippen molar-refractivity contribution in [1.82, 2.24) is 10.4 Å². The summed E-state index contributed by atoms with van der Waals surface area (Å²) in [6.45, 7) is 10.0. The van der Waals surface area contributed by atoms with Crippen molar-refractivity contribution in [2.75, 3.05) is 13.2 Å². The number of hydrogen-bond acceptors (Lipinski definition) is 8. The number of alkyl carbamates (subject to hydrolysis) is 1. The summed E-state index contributed by atoms with van der Waals surface area (Å²) in [6, 6.07) is 17.5. The van der Waals surface area contributed by atoms with Crippen molar-refractivity contribution in [3.8, 4) is 0 Å². The van der Waals surface area contributed by atoms with E-state index >= 15 is 0 Å². The lowest BCUT2D eigenvalue weighted by Crippen LogP contribution is -2.50. The number of Topliss-reactive ketones (excluding diaryl/α,β-unsaturated/α-hetero) is 1. The van der Waals surface area contributed by atoms with Crippen molar-refractivity contribution >= 4 is 23.9 Å². The van der Waals surface area contributed by atoms with Crippen LogP contribution in [0.4, 0.5) is 9.59 Å². The third kappa shape index (κ3) is 11.6. The Labute approximate surface area is 242 Å². The Hall–Kier alpha value is -3.92. The minimum Gasteiger partial charge on any atom is -0.465 e. The van der Waals surface area contributed by atoms with Gasteiger partial charge in [0.2, 0.25) is 0 Å². The summed E-state index contributed by atoms with van der Waals surface area (Å²) in [4.78, 5) is 57.3. The molecule has 0 radical (unpaired) electrons. The van der Waals surface area contributed by atoms with Gasteiger partial charge in [0.05, 0.1) is 19.2 Å². The highest BCUT2D eigenvalue weighted by Crippen LogP contribution is 2.23. The normalized spacial score (nSPS) is 12.1. The van der Waals surface area contributed by atoms with Gasteiger partial charge in [0.15, 0.2) is 5.78 Å². The summed E-state index contributed by atoms with van der Waals surface area (Å²) in [5, 5.41) is 3.69. The molecule has 0 unspecified atom stereocenters. The summed E-state index contributed by atoms with van der Waals surface area (Å²) < 4.78 is 15.9. The molecule has 2 amide bonds. The third-order valence-electron chi connectivity index (χ3n) is 5.90. The lowest BCUT2D eigenvalue weighted by Gasteiger charge is -2.29.